The smallest absolute Gasteiger partial charge is 0.0568 e. The third kappa shape index (κ3) is 7.97. The van der Waals surface area contributed by atoms with Gasteiger partial charge in [-0.1, -0.05) is 0 Å². The summed E-state index contributed by atoms with van der Waals surface area (Å²) >= 11 is 1.31. The Labute approximate surface area is 94.4 Å². The summed E-state index contributed by atoms with van der Waals surface area (Å²) in [6, 6.07) is 0. The van der Waals surface area contributed by atoms with E-state index in [1.165, 1.54) is 12.1 Å². The van der Waals surface area contributed by atoms with Gasteiger partial charge in [0.25, 0.3) is 0 Å². The van der Waals surface area contributed by atoms with E-state index in [9.17, 15) is 0 Å². The first-order valence-corrected chi connectivity index (χ1v) is 5.63. The highest BCUT2D eigenvalue weighted by Gasteiger charge is 2.11. The summed E-state index contributed by atoms with van der Waals surface area (Å²) < 4.78 is 3.57. The molecule has 0 aliphatic rings. The summed E-state index contributed by atoms with van der Waals surface area (Å²) in [6.45, 7) is 1.82. The molecule has 0 bridgehead atoms. The highest BCUT2D eigenvalue weighted by Crippen LogP contribution is 2.14. The SMILES string of the molecule is OCCN(CCO)SN(CCO)CCO. The van der Waals surface area contributed by atoms with E-state index in [2.05, 4.69) is 0 Å². The van der Waals surface area contributed by atoms with E-state index in [1.807, 2.05) is 0 Å². The van der Waals surface area contributed by atoms with Gasteiger partial charge in [-0.05, 0) is 0 Å². The van der Waals surface area contributed by atoms with Crippen LogP contribution in [0.15, 0.2) is 0 Å². The average molecular weight is 240 g/mol. The van der Waals surface area contributed by atoms with Crippen LogP contribution < -0.4 is 0 Å². The van der Waals surface area contributed by atoms with E-state index in [0.29, 0.717) is 26.2 Å². The molecule has 0 aromatic rings. The Morgan fingerprint density at radius 3 is 1.07 bits per heavy atom. The Kier molecular flexibility index (Phi) is 10.7. The fourth-order valence-corrected chi connectivity index (χ4v) is 1.98. The van der Waals surface area contributed by atoms with Crippen molar-refractivity contribution in [1.82, 2.24) is 8.61 Å². The predicted octanol–water partition coefficient (Wildman–Crippen LogP) is -1.88. The van der Waals surface area contributed by atoms with Crippen LogP contribution in [0.5, 0.6) is 0 Å². The van der Waals surface area contributed by atoms with Crippen molar-refractivity contribution in [2.24, 2.45) is 0 Å². The Bertz CT molecular complexity index is 116. The second-order valence-corrected chi connectivity index (χ2v) is 4.03. The van der Waals surface area contributed by atoms with E-state index >= 15 is 0 Å². The number of rotatable bonds is 10. The van der Waals surface area contributed by atoms with Crippen molar-refractivity contribution < 1.29 is 20.4 Å². The van der Waals surface area contributed by atoms with E-state index < -0.39 is 0 Å². The van der Waals surface area contributed by atoms with Crippen LogP contribution in [0.3, 0.4) is 0 Å². The summed E-state index contributed by atoms with van der Waals surface area (Å²) in [7, 11) is 0. The summed E-state index contributed by atoms with van der Waals surface area (Å²) in [5.41, 5.74) is 0. The minimum atomic E-state index is 0.0130. The lowest BCUT2D eigenvalue weighted by Gasteiger charge is -2.26. The van der Waals surface area contributed by atoms with Gasteiger partial charge in [0.15, 0.2) is 0 Å². The van der Waals surface area contributed by atoms with Crippen LogP contribution in [-0.2, 0) is 0 Å². The first-order valence-electron chi connectivity index (χ1n) is 4.89. The average Bonchev–Trinajstić information content (AvgIpc) is 2.19. The molecule has 4 N–H and O–H groups in total. The Morgan fingerprint density at radius 2 is 0.867 bits per heavy atom. The van der Waals surface area contributed by atoms with Gasteiger partial charge in [-0.15, -0.1) is 0 Å². The molecule has 0 saturated heterocycles. The molecule has 92 valence electrons. The summed E-state index contributed by atoms with van der Waals surface area (Å²) in [5, 5.41) is 35.1. The van der Waals surface area contributed by atoms with Crippen molar-refractivity contribution in [2.45, 2.75) is 0 Å². The number of hydrogen-bond acceptors (Lipinski definition) is 7. The largest absolute Gasteiger partial charge is 0.395 e. The maximum absolute atomic E-state index is 8.78. The fourth-order valence-electron chi connectivity index (χ4n) is 0.996. The first-order chi connectivity index (χ1) is 7.28. The van der Waals surface area contributed by atoms with Crippen LogP contribution in [0.4, 0.5) is 0 Å². The lowest BCUT2D eigenvalue weighted by molar-refractivity contribution is 0.207. The van der Waals surface area contributed by atoms with Gasteiger partial charge >= 0.3 is 0 Å². The molecule has 0 rings (SSSR count). The second kappa shape index (κ2) is 10.6. The third-order valence-corrected chi connectivity index (χ3v) is 2.82. The van der Waals surface area contributed by atoms with Gasteiger partial charge in [0.2, 0.25) is 0 Å². The number of aliphatic hydroxyl groups excluding tert-OH is 4. The topological polar surface area (TPSA) is 87.4 Å². The molecule has 0 spiro atoms. The fraction of sp³-hybridized carbons (Fsp3) is 1.00. The van der Waals surface area contributed by atoms with Crippen molar-refractivity contribution in [1.29, 1.82) is 0 Å². The van der Waals surface area contributed by atoms with E-state index in [4.69, 9.17) is 20.4 Å². The van der Waals surface area contributed by atoms with Crippen molar-refractivity contribution in [3.05, 3.63) is 0 Å². The lowest BCUT2D eigenvalue weighted by atomic mass is 10.6. The molecule has 0 aliphatic heterocycles. The van der Waals surface area contributed by atoms with Crippen molar-refractivity contribution in [3.8, 4) is 0 Å². The van der Waals surface area contributed by atoms with Gasteiger partial charge < -0.3 is 20.4 Å². The molecule has 0 heterocycles. The molecule has 0 amide bonds. The summed E-state index contributed by atoms with van der Waals surface area (Å²) in [4.78, 5) is 0. The van der Waals surface area contributed by atoms with Crippen molar-refractivity contribution >= 4 is 12.1 Å². The maximum atomic E-state index is 8.78. The van der Waals surface area contributed by atoms with Gasteiger partial charge in [-0.25, -0.2) is 8.61 Å². The number of hydrogen-bond donors (Lipinski definition) is 4. The van der Waals surface area contributed by atoms with Crippen LogP contribution in [0, 0.1) is 0 Å². The molecular weight excluding hydrogens is 220 g/mol. The van der Waals surface area contributed by atoms with Crippen LogP contribution in [0.2, 0.25) is 0 Å². The highest BCUT2D eigenvalue weighted by atomic mass is 32.2. The minimum absolute atomic E-state index is 0.0130. The Balaban J connectivity index is 3.93. The summed E-state index contributed by atoms with van der Waals surface area (Å²) in [5.74, 6) is 0. The quantitative estimate of drug-likeness (QED) is 0.333. The Hall–Kier alpha value is 0.110. The lowest BCUT2D eigenvalue weighted by Crippen LogP contribution is -2.32. The van der Waals surface area contributed by atoms with Crippen LogP contribution in [-0.4, -0.2) is 81.6 Å². The molecule has 0 unspecified atom stereocenters. The van der Waals surface area contributed by atoms with Crippen molar-refractivity contribution in [2.75, 3.05) is 52.6 Å². The number of nitrogens with zero attached hydrogens (tertiary/aromatic N) is 2. The molecule has 0 fully saturated rings. The standard InChI is InChI=1S/C8H20N2O4S/c11-5-1-9(2-6-12)15-10(3-7-13)4-8-14/h11-14H,1-8H2. The zero-order chi connectivity index (χ0) is 11.5. The van der Waals surface area contributed by atoms with E-state index in [1.54, 1.807) is 8.61 Å². The molecule has 0 aliphatic carbocycles. The van der Waals surface area contributed by atoms with Crippen LogP contribution in [0.1, 0.15) is 0 Å². The minimum Gasteiger partial charge on any atom is -0.395 e. The van der Waals surface area contributed by atoms with Gasteiger partial charge in [-0.2, -0.15) is 0 Å². The molecule has 0 radical (unpaired) electrons. The van der Waals surface area contributed by atoms with Crippen LogP contribution in [0.25, 0.3) is 0 Å². The zero-order valence-corrected chi connectivity index (χ0v) is 9.56. The first kappa shape index (κ1) is 15.1. The highest BCUT2D eigenvalue weighted by molar-refractivity contribution is 7.94. The molecule has 0 atom stereocenters. The predicted molar refractivity (Wildman–Crippen MR) is 59.1 cm³/mol. The Morgan fingerprint density at radius 1 is 0.600 bits per heavy atom. The molecule has 6 nitrogen and oxygen atoms in total. The molecule has 0 saturated carbocycles. The van der Waals surface area contributed by atoms with E-state index in [0.717, 1.165) is 0 Å². The van der Waals surface area contributed by atoms with Gasteiger partial charge in [-0.3, -0.25) is 0 Å². The molecule has 15 heavy (non-hydrogen) atoms. The normalized spacial score (nSPS) is 11.6. The van der Waals surface area contributed by atoms with Gasteiger partial charge in [0, 0.05) is 38.3 Å². The van der Waals surface area contributed by atoms with Crippen molar-refractivity contribution in [3.63, 3.8) is 0 Å². The monoisotopic (exact) mass is 240 g/mol. The zero-order valence-electron chi connectivity index (χ0n) is 8.75. The van der Waals surface area contributed by atoms with Gasteiger partial charge in [0.1, 0.15) is 0 Å². The maximum Gasteiger partial charge on any atom is 0.0568 e. The number of aliphatic hydroxyl groups is 4. The third-order valence-electron chi connectivity index (χ3n) is 1.63. The second-order valence-electron chi connectivity index (χ2n) is 2.83. The van der Waals surface area contributed by atoms with Gasteiger partial charge in [0.05, 0.1) is 26.4 Å². The summed E-state index contributed by atoms with van der Waals surface area (Å²) in [6.07, 6.45) is 0. The van der Waals surface area contributed by atoms with E-state index in [-0.39, 0.29) is 26.4 Å². The van der Waals surface area contributed by atoms with Crippen LogP contribution >= 0.6 is 12.1 Å². The molecule has 0 aromatic heterocycles. The molecular formula is C8H20N2O4S. The molecule has 0 aromatic carbocycles. The molecule has 7 heteroatoms.